The van der Waals surface area contributed by atoms with Crippen molar-refractivity contribution in [2.24, 2.45) is 0 Å². The summed E-state index contributed by atoms with van der Waals surface area (Å²) in [6.45, 7) is 0.431. The summed E-state index contributed by atoms with van der Waals surface area (Å²) in [6.07, 6.45) is -2.87. The summed E-state index contributed by atoms with van der Waals surface area (Å²) in [6, 6.07) is 5.79. The van der Waals surface area contributed by atoms with Crippen molar-refractivity contribution < 1.29 is 18.0 Å². The molecular weight excluding hydrogens is 289 g/mol. The van der Waals surface area contributed by atoms with Crippen molar-refractivity contribution in [3.8, 4) is 0 Å². The number of amides is 1. The van der Waals surface area contributed by atoms with Gasteiger partial charge in [-0.2, -0.15) is 13.2 Å². The zero-order chi connectivity index (χ0) is 14.6. The van der Waals surface area contributed by atoms with E-state index in [2.05, 4.69) is 10.3 Å². The molecule has 0 fully saturated rings. The van der Waals surface area contributed by atoms with Crippen molar-refractivity contribution in [3.63, 3.8) is 0 Å². The van der Waals surface area contributed by atoms with Crippen molar-refractivity contribution in [2.45, 2.75) is 12.6 Å². The van der Waals surface area contributed by atoms with Crippen LogP contribution in [0.3, 0.4) is 0 Å². The molecule has 0 radical (unpaired) electrons. The maximum atomic E-state index is 12.3. The van der Waals surface area contributed by atoms with Gasteiger partial charge in [-0.3, -0.25) is 9.78 Å². The highest BCUT2D eigenvalue weighted by Crippen LogP contribution is 2.27. The van der Waals surface area contributed by atoms with Gasteiger partial charge in [0.1, 0.15) is 5.69 Å². The average molecular weight is 300 g/mol. The van der Waals surface area contributed by atoms with Crippen LogP contribution < -0.4 is 5.32 Å². The molecule has 0 unspecified atom stereocenters. The molecule has 0 saturated carbocycles. The van der Waals surface area contributed by atoms with E-state index in [9.17, 15) is 18.0 Å². The molecule has 1 N–H and O–H groups in total. The van der Waals surface area contributed by atoms with Crippen LogP contribution in [0.15, 0.2) is 35.8 Å². The monoisotopic (exact) mass is 300 g/mol. The second-order valence-corrected chi connectivity index (χ2v) is 5.05. The second-order valence-electron chi connectivity index (χ2n) is 4.02. The summed E-state index contributed by atoms with van der Waals surface area (Å²) in [5, 5.41) is 4.58. The fraction of sp³-hybridized carbons (Fsp3) is 0.231. The van der Waals surface area contributed by atoms with Crippen molar-refractivity contribution in [1.29, 1.82) is 0 Å². The summed E-state index contributed by atoms with van der Waals surface area (Å²) in [5.41, 5.74) is -0.892. The molecule has 0 bridgehead atoms. The van der Waals surface area contributed by atoms with Gasteiger partial charge in [-0.1, -0.05) is 6.07 Å². The van der Waals surface area contributed by atoms with E-state index in [-0.39, 0.29) is 5.56 Å². The average Bonchev–Trinajstić information content (AvgIpc) is 2.91. The second kappa shape index (κ2) is 6.04. The van der Waals surface area contributed by atoms with Crippen LogP contribution in [0.4, 0.5) is 13.2 Å². The van der Waals surface area contributed by atoms with Crippen molar-refractivity contribution >= 4 is 17.2 Å². The Morgan fingerprint density at radius 2 is 2.10 bits per heavy atom. The van der Waals surface area contributed by atoms with E-state index in [4.69, 9.17) is 0 Å². The van der Waals surface area contributed by atoms with Gasteiger partial charge in [0.2, 0.25) is 0 Å². The lowest BCUT2D eigenvalue weighted by molar-refractivity contribution is -0.141. The van der Waals surface area contributed by atoms with Gasteiger partial charge < -0.3 is 5.32 Å². The van der Waals surface area contributed by atoms with Crippen LogP contribution in [0.1, 0.15) is 20.9 Å². The third-order valence-electron chi connectivity index (χ3n) is 2.55. The van der Waals surface area contributed by atoms with Crippen LogP contribution in [-0.4, -0.2) is 17.4 Å². The lowest BCUT2D eigenvalue weighted by Crippen LogP contribution is -2.25. The summed E-state index contributed by atoms with van der Waals surface area (Å²) < 4.78 is 37.0. The first-order chi connectivity index (χ1) is 9.47. The molecule has 2 aromatic rings. The summed E-state index contributed by atoms with van der Waals surface area (Å²) in [4.78, 5) is 16.1. The highest BCUT2D eigenvalue weighted by Gasteiger charge is 2.32. The highest BCUT2D eigenvalue weighted by atomic mass is 32.1. The number of aromatic nitrogens is 1. The van der Waals surface area contributed by atoms with Gasteiger partial charge in [0, 0.05) is 17.6 Å². The molecule has 20 heavy (non-hydrogen) atoms. The Hall–Kier alpha value is -1.89. The molecule has 2 aromatic heterocycles. The van der Waals surface area contributed by atoms with E-state index in [1.54, 1.807) is 11.3 Å². The molecule has 0 aromatic carbocycles. The molecule has 2 rings (SSSR count). The molecule has 2 heterocycles. The molecule has 0 aliphatic rings. The predicted octanol–water partition coefficient (Wildman–Crippen LogP) is 3.13. The molecule has 7 heteroatoms. The van der Waals surface area contributed by atoms with Crippen LogP contribution in [0.25, 0.3) is 0 Å². The normalized spacial score (nSPS) is 11.3. The zero-order valence-electron chi connectivity index (χ0n) is 10.3. The number of carbonyl (C=O) groups excluding carboxylic acids is 1. The van der Waals surface area contributed by atoms with Gasteiger partial charge in [-0.05, 0) is 30.0 Å². The lowest BCUT2D eigenvalue weighted by Gasteiger charge is -2.07. The number of thiophene rings is 1. The fourth-order valence-corrected chi connectivity index (χ4v) is 2.26. The molecular formula is C13H11F3N2OS. The maximum absolute atomic E-state index is 12.3. The molecule has 0 atom stereocenters. The first-order valence-corrected chi connectivity index (χ1v) is 6.68. The van der Waals surface area contributed by atoms with Crippen LogP contribution in [0.5, 0.6) is 0 Å². The number of halogens is 3. The highest BCUT2D eigenvalue weighted by molar-refractivity contribution is 7.09. The number of pyridine rings is 1. The smallest absolute Gasteiger partial charge is 0.352 e. The third kappa shape index (κ3) is 3.80. The standard InChI is InChI=1S/C13H11F3N2OS/c14-13(15,16)11-4-3-9(8-18-11)12(19)17-6-5-10-2-1-7-20-10/h1-4,7-8H,5-6H2,(H,17,19). The van der Waals surface area contributed by atoms with E-state index >= 15 is 0 Å². The van der Waals surface area contributed by atoms with E-state index in [1.165, 1.54) is 0 Å². The Balaban J connectivity index is 1.89. The van der Waals surface area contributed by atoms with E-state index in [1.807, 2.05) is 17.5 Å². The minimum atomic E-state index is -4.49. The number of alkyl halides is 3. The van der Waals surface area contributed by atoms with Crippen molar-refractivity contribution in [2.75, 3.05) is 6.54 Å². The molecule has 3 nitrogen and oxygen atoms in total. The summed E-state index contributed by atoms with van der Waals surface area (Å²) in [5.74, 6) is -0.428. The SMILES string of the molecule is O=C(NCCc1cccs1)c1ccc(C(F)(F)F)nc1. The predicted molar refractivity (Wildman–Crippen MR) is 69.6 cm³/mol. The van der Waals surface area contributed by atoms with Crippen molar-refractivity contribution in [1.82, 2.24) is 10.3 Å². The van der Waals surface area contributed by atoms with Gasteiger partial charge in [-0.15, -0.1) is 11.3 Å². The Kier molecular flexibility index (Phi) is 4.39. The fourth-order valence-electron chi connectivity index (χ4n) is 1.55. The Bertz CT molecular complexity index is 564. The van der Waals surface area contributed by atoms with Crippen LogP contribution in [-0.2, 0) is 12.6 Å². The Morgan fingerprint density at radius 1 is 1.30 bits per heavy atom. The third-order valence-corrected chi connectivity index (χ3v) is 3.49. The Morgan fingerprint density at radius 3 is 2.65 bits per heavy atom. The maximum Gasteiger partial charge on any atom is 0.433 e. The quantitative estimate of drug-likeness (QED) is 0.942. The van der Waals surface area contributed by atoms with Crippen molar-refractivity contribution in [3.05, 3.63) is 52.0 Å². The Labute approximate surface area is 117 Å². The topological polar surface area (TPSA) is 42.0 Å². The number of rotatable bonds is 4. The van der Waals surface area contributed by atoms with Gasteiger partial charge in [-0.25, -0.2) is 0 Å². The van der Waals surface area contributed by atoms with Crippen LogP contribution in [0, 0.1) is 0 Å². The van der Waals surface area contributed by atoms with E-state index in [0.717, 1.165) is 23.2 Å². The minimum absolute atomic E-state index is 0.115. The van der Waals surface area contributed by atoms with E-state index < -0.39 is 17.8 Å². The van der Waals surface area contributed by atoms with Gasteiger partial charge in [0.05, 0.1) is 5.56 Å². The van der Waals surface area contributed by atoms with E-state index in [0.29, 0.717) is 13.0 Å². The number of hydrogen-bond acceptors (Lipinski definition) is 3. The van der Waals surface area contributed by atoms with Gasteiger partial charge >= 0.3 is 6.18 Å². The molecule has 1 amide bonds. The van der Waals surface area contributed by atoms with Gasteiger partial charge in [0.25, 0.3) is 5.91 Å². The minimum Gasteiger partial charge on any atom is -0.352 e. The first kappa shape index (κ1) is 14.5. The molecule has 0 spiro atoms. The lowest BCUT2D eigenvalue weighted by atomic mass is 10.2. The summed E-state index contributed by atoms with van der Waals surface area (Å²) in [7, 11) is 0. The molecule has 106 valence electrons. The zero-order valence-corrected chi connectivity index (χ0v) is 11.1. The number of nitrogens with one attached hydrogen (secondary N) is 1. The van der Waals surface area contributed by atoms with Crippen LogP contribution >= 0.6 is 11.3 Å². The molecule has 0 aliphatic heterocycles. The van der Waals surface area contributed by atoms with Gasteiger partial charge in [0.15, 0.2) is 0 Å². The molecule has 0 aliphatic carbocycles. The molecule has 0 saturated heterocycles. The number of carbonyl (C=O) groups is 1. The number of hydrogen-bond donors (Lipinski definition) is 1. The number of nitrogens with zero attached hydrogens (tertiary/aromatic N) is 1. The summed E-state index contributed by atoms with van der Waals surface area (Å²) >= 11 is 1.59. The largest absolute Gasteiger partial charge is 0.433 e. The first-order valence-electron chi connectivity index (χ1n) is 5.80. The van der Waals surface area contributed by atoms with Crippen LogP contribution in [0.2, 0.25) is 0 Å².